The van der Waals surface area contributed by atoms with Crippen LogP contribution in [0.25, 0.3) is 0 Å². The molecule has 0 spiro atoms. The van der Waals surface area contributed by atoms with Gasteiger partial charge in [0.05, 0.1) is 0 Å². The van der Waals surface area contributed by atoms with E-state index < -0.39 is 8.32 Å². The Labute approximate surface area is 146 Å². The fourth-order valence-corrected chi connectivity index (χ4v) is 3.40. The minimum atomic E-state index is -1.92. The van der Waals surface area contributed by atoms with Gasteiger partial charge in [-0.1, -0.05) is 91.9 Å². The maximum atomic E-state index is 12.0. The van der Waals surface area contributed by atoms with E-state index in [0.29, 0.717) is 6.42 Å². The molecule has 0 rings (SSSR count). The van der Waals surface area contributed by atoms with Crippen molar-refractivity contribution in [3.05, 3.63) is 0 Å². The minimum absolute atomic E-state index is 0.0208. The monoisotopic (exact) mass is 342 g/mol. The molecule has 0 aliphatic rings. The van der Waals surface area contributed by atoms with Crippen LogP contribution >= 0.6 is 0 Å². The van der Waals surface area contributed by atoms with Gasteiger partial charge in [-0.2, -0.15) is 0 Å². The zero-order chi connectivity index (χ0) is 17.8. The van der Waals surface area contributed by atoms with E-state index in [0.717, 1.165) is 6.42 Å². The molecule has 0 saturated carbocycles. The Morgan fingerprint density at radius 1 is 0.783 bits per heavy atom. The van der Waals surface area contributed by atoms with Crippen LogP contribution in [0, 0.1) is 0 Å². The van der Waals surface area contributed by atoms with Crippen LogP contribution in [0.3, 0.4) is 0 Å². The molecule has 0 heterocycles. The molecular weight excluding hydrogens is 300 g/mol. The maximum absolute atomic E-state index is 12.0. The van der Waals surface area contributed by atoms with Crippen molar-refractivity contribution in [2.75, 3.05) is 0 Å². The molecule has 0 N–H and O–H groups in total. The molecule has 0 atom stereocenters. The number of hydrogen-bond acceptors (Lipinski definition) is 2. The van der Waals surface area contributed by atoms with Gasteiger partial charge in [0.15, 0.2) is 0 Å². The summed E-state index contributed by atoms with van der Waals surface area (Å²) in [5.74, 6) is 0.0208. The highest BCUT2D eigenvalue weighted by Crippen LogP contribution is 2.36. The van der Waals surface area contributed by atoms with Crippen molar-refractivity contribution in [3.63, 3.8) is 0 Å². The lowest BCUT2D eigenvalue weighted by Crippen LogP contribution is -2.42. The van der Waals surface area contributed by atoms with Gasteiger partial charge in [0, 0.05) is 6.42 Å². The van der Waals surface area contributed by atoms with Crippen molar-refractivity contribution in [1.29, 1.82) is 0 Å². The molecule has 3 heteroatoms. The number of carbonyl (C=O) groups excluding carboxylic acids is 1. The first-order valence-electron chi connectivity index (χ1n) is 9.92. The Kier molecular flexibility index (Phi) is 11.9. The van der Waals surface area contributed by atoms with Crippen LogP contribution in [0.4, 0.5) is 0 Å². The normalized spacial score (nSPS) is 12.4. The lowest BCUT2D eigenvalue weighted by molar-refractivity contribution is -0.135. The molecule has 0 fully saturated rings. The molecule has 0 amide bonds. The van der Waals surface area contributed by atoms with Crippen LogP contribution in [0.2, 0.25) is 18.1 Å². The van der Waals surface area contributed by atoms with Gasteiger partial charge in [0.25, 0.3) is 14.3 Å². The molecule has 0 unspecified atom stereocenters. The third-order valence-electron chi connectivity index (χ3n) is 5.16. The van der Waals surface area contributed by atoms with Gasteiger partial charge in [0.2, 0.25) is 0 Å². The topological polar surface area (TPSA) is 26.3 Å². The number of unbranched alkanes of at least 4 members (excludes halogenated alkanes) is 10. The van der Waals surface area contributed by atoms with Crippen molar-refractivity contribution in [2.24, 2.45) is 0 Å². The molecule has 138 valence electrons. The quantitative estimate of drug-likeness (QED) is 0.260. The van der Waals surface area contributed by atoms with Crippen molar-refractivity contribution >= 4 is 14.3 Å². The molecule has 0 saturated heterocycles. The van der Waals surface area contributed by atoms with E-state index in [4.69, 9.17) is 4.43 Å². The summed E-state index contributed by atoms with van der Waals surface area (Å²) in [7, 11) is -1.92. The Morgan fingerprint density at radius 3 is 1.57 bits per heavy atom. The molecule has 23 heavy (non-hydrogen) atoms. The summed E-state index contributed by atoms with van der Waals surface area (Å²) in [5, 5.41) is 0.111. The average molecular weight is 343 g/mol. The van der Waals surface area contributed by atoms with Gasteiger partial charge >= 0.3 is 0 Å². The lowest BCUT2D eigenvalue weighted by Gasteiger charge is -2.35. The number of hydrogen-bond donors (Lipinski definition) is 0. The molecule has 0 aliphatic carbocycles. The molecule has 0 bridgehead atoms. The molecule has 0 aliphatic heterocycles. The fourth-order valence-electron chi connectivity index (χ4n) is 2.42. The van der Waals surface area contributed by atoms with E-state index in [1.807, 2.05) is 0 Å². The molecule has 0 aromatic carbocycles. The van der Waals surface area contributed by atoms with Gasteiger partial charge < -0.3 is 4.43 Å². The van der Waals surface area contributed by atoms with Crippen molar-refractivity contribution in [3.8, 4) is 0 Å². The Balaban J connectivity index is 3.50. The third-order valence-corrected chi connectivity index (χ3v) is 9.51. The van der Waals surface area contributed by atoms with Gasteiger partial charge in [-0.25, -0.2) is 0 Å². The summed E-state index contributed by atoms with van der Waals surface area (Å²) < 4.78 is 5.79. The van der Waals surface area contributed by atoms with Gasteiger partial charge in [0.1, 0.15) is 0 Å². The van der Waals surface area contributed by atoms with Crippen LogP contribution in [-0.2, 0) is 9.22 Å². The van der Waals surface area contributed by atoms with Gasteiger partial charge in [-0.05, 0) is 24.6 Å². The van der Waals surface area contributed by atoms with Crippen LogP contribution in [0.1, 0.15) is 105 Å². The predicted octanol–water partition coefficient (Wildman–Crippen LogP) is 7.24. The van der Waals surface area contributed by atoms with E-state index in [-0.39, 0.29) is 11.0 Å². The Morgan fingerprint density at radius 2 is 1.17 bits per heavy atom. The smallest absolute Gasteiger partial charge is 0.292 e. The van der Waals surface area contributed by atoms with Gasteiger partial charge in [-0.15, -0.1) is 0 Å². The second-order valence-electron chi connectivity index (χ2n) is 8.52. The van der Waals surface area contributed by atoms with E-state index >= 15 is 0 Å². The highest BCUT2D eigenvalue weighted by Gasteiger charge is 2.40. The minimum Gasteiger partial charge on any atom is -0.519 e. The molecule has 0 radical (unpaired) electrons. The third kappa shape index (κ3) is 11.8. The Hall–Kier alpha value is -0.313. The molecular formula is C20H42O2Si. The van der Waals surface area contributed by atoms with Crippen LogP contribution < -0.4 is 0 Å². The summed E-state index contributed by atoms with van der Waals surface area (Å²) in [6.45, 7) is 13.1. The summed E-state index contributed by atoms with van der Waals surface area (Å²) >= 11 is 0. The summed E-state index contributed by atoms with van der Waals surface area (Å²) in [6, 6.07) is 0. The van der Waals surface area contributed by atoms with E-state index in [1.54, 1.807) is 0 Å². The van der Waals surface area contributed by atoms with Crippen LogP contribution in [0.5, 0.6) is 0 Å². The van der Waals surface area contributed by atoms with Crippen molar-refractivity contribution in [1.82, 2.24) is 0 Å². The summed E-state index contributed by atoms with van der Waals surface area (Å²) in [5.41, 5.74) is 0. The Bertz CT molecular complexity index is 305. The molecule has 0 aromatic rings. The second-order valence-corrected chi connectivity index (χ2v) is 13.2. The number of carbonyl (C=O) groups is 1. The molecule has 2 nitrogen and oxygen atoms in total. The first-order valence-corrected chi connectivity index (χ1v) is 12.8. The maximum Gasteiger partial charge on any atom is 0.292 e. The van der Waals surface area contributed by atoms with Crippen molar-refractivity contribution < 1.29 is 9.22 Å². The van der Waals surface area contributed by atoms with E-state index in [9.17, 15) is 4.79 Å². The molecule has 0 aromatic heterocycles. The predicted molar refractivity (Wildman–Crippen MR) is 104 cm³/mol. The highest BCUT2D eigenvalue weighted by molar-refractivity contribution is 6.75. The average Bonchev–Trinajstić information content (AvgIpc) is 2.43. The number of rotatable bonds is 13. The first-order chi connectivity index (χ1) is 10.7. The zero-order valence-electron chi connectivity index (χ0n) is 16.8. The zero-order valence-corrected chi connectivity index (χ0v) is 17.8. The summed E-state index contributed by atoms with van der Waals surface area (Å²) in [6.07, 6.45) is 15.0. The lowest BCUT2D eigenvalue weighted by atomic mass is 10.1. The first kappa shape index (κ1) is 22.7. The van der Waals surface area contributed by atoms with Crippen LogP contribution in [0.15, 0.2) is 0 Å². The SMILES string of the molecule is CCCCCCCCCCCCCC(=O)O[Si](C)(C)C(C)(C)C. The summed E-state index contributed by atoms with van der Waals surface area (Å²) in [4.78, 5) is 12.0. The highest BCUT2D eigenvalue weighted by atomic mass is 28.4. The van der Waals surface area contributed by atoms with Crippen molar-refractivity contribution in [2.45, 2.75) is 123 Å². The largest absolute Gasteiger partial charge is 0.519 e. The fraction of sp³-hybridized carbons (Fsp3) is 0.950. The van der Waals surface area contributed by atoms with Gasteiger partial charge in [-0.3, -0.25) is 4.79 Å². The second kappa shape index (κ2) is 12.1. The van der Waals surface area contributed by atoms with Crippen LogP contribution in [-0.4, -0.2) is 14.3 Å². The van der Waals surface area contributed by atoms with E-state index in [2.05, 4.69) is 40.8 Å². The standard InChI is InChI=1S/C20H42O2Si/c1-7-8-9-10-11-12-13-14-15-16-17-18-19(21)22-23(5,6)20(2,3)4/h7-18H2,1-6H3. The van der Waals surface area contributed by atoms with E-state index in [1.165, 1.54) is 64.2 Å².